The molecule has 1 amide bonds. The van der Waals surface area contributed by atoms with Crippen LogP contribution in [-0.4, -0.2) is 26.8 Å². The normalized spacial score (nSPS) is 24.9. The van der Waals surface area contributed by atoms with Gasteiger partial charge in [0, 0.05) is 6.07 Å². The Hall–Kier alpha value is -2.63. The van der Waals surface area contributed by atoms with Crippen molar-refractivity contribution in [3.05, 3.63) is 47.7 Å². The minimum atomic E-state index is -0.888. The van der Waals surface area contributed by atoms with E-state index in [1.54, 1.807) is 12.3 Å². The van der Waals surface area contributed by atoms with Gasteiger partial charge < -0.3 is 10.4 Å². The molecule has 1 aromatic carbocycles. The zero-order valence-electron chi connectivity index (χ0n) is 13.9. The second kappa shape index (κ2) is 6.35. The lowest BCUT2D eigenvalue weighted by molar-refractivity contribution is -0.151. The minimum Gasteiger partial charge on any atom is -0.481 e. The number of carbonyl (C=O) groups is 2. The summed E-state index contributed by atoms with van der Waals surface area (Å²) in [6.45, 7) is 0. The van der Waals surface area contributed by atoms with Crippen molar-refractivity contribution < 1.29 is 14.7 Å². The molecule has 0 bridgehead atoms. The van der Waals surface area contributed by atoms with Crippen LogP contribution >= 0.6 is 0 Å². The number of carbonyl (C=O) groups excluding carboxylic acids is 1. The number of hydrogen-bond acceptors (Lipinski definition) is 3. The fourth-order valence-electron chi connectivity index (χ4n) is 3.97. The van der Waals surface area contributed by atoms with Gasteiger partial charge in [0.1, 0.15) is 5.82 Å². The second-order valence-corrected chi connectivity index (χ2v) is 6.89. The van der Waals surface area contributed by atoms with Crippen LogP contribution in [0.1, 0.15) is 42.9 Å². The van der Waals surface area contributed by atoms with Gasteiger partial charge in [-0.1, -0.05) is 24.3 Å². The molecule has 4 rings (SSSR count). The molecule has 0 spiro atoms. The summed E-state index contributed by atoms with van der Waals surface area (Å²) in [6.07, 6.45) is 6.01. The van der Waals surface area contributed by atoms with Gasteiger partial charge in [0.25, 0.3) is 0 Å². The van der Waals surface area contributed by atoms with E-state index in [2.05, 4.69) is 28.6 Å². The lowest BCUT2D eigenvalue weighted by atomic mass is 9.73. The van der Waals surface area contributed by atoms with E-state index in [4.69, 9.17) is 5.11 Å². The van der Waals surface area contributed by atoms with Crippen LogP contribution in [-0.2, 0) is 16.0 Å². The molecule has 2 aliphatic rings. The van der Waals surface area contributed by atoms with Gasteiger partial charge in [-0.15, -0.1) is 0 Å². The SMILES string of the molecule is O=C(O)[C@@H]1CC[C@H]1C(=O)Nc1ccnn1C1CCCc2ccccc21. The summed E-state index contributed by atoms with van der Waals surface area (Å²) in [4.78, 5) is 23.6. The van der Waals surface area contributed by atoms with E-state index >= 15 is 0 Å². The molecule has 1 saturated carbocycles. The molecule has 0 radical (unpaired) electrons. The first-order chi connectivity index (χ1) is 12.1. The van der Waals surface area contributed by atoms with Crippen LogP contribution in [0.15, 0.2) is 36.5 Å². The summed E-state index contributed by atoms with van der Waals surface area (Å²) in [6, 6.07) is 10.2. The molecular weight excluding hydrogens is 318 g/mol. The van der Waals surface area contributed by atoms with Crippen LogP contribution in [0.5, 0.6) is 0 Å². The average Bonchev–Trinajstić information content (AvgIpc) is 3.00. The molecule has 2 N–H and O–H groups in total. The average molecular weight is 339 g/mol. The van der Waals surface area contributed by atoms with Crippen molar-refractivity contribution in [2.24, 2.45) is 11.8 Å². The van der Waals surface area contributed by atoms with Crippen LogP contribution in [0, 0.1) is 11.8 Å². The quantitative estimate of drug-likeness (QED) is 0.897. The summed E-state index contributed by atoms with van der Waals surface area (Å²) in [5.41, 5.74) is 2.58. The Balaban J connectivity index is 1.56. The number of carboxylic acid groups (broad SMARTS) is 1. The van der Waals surface area contributed by atoms with Gasteiger partial charge in [0.05, 0.1) is 24.1 Å². The fourth-order valence-corrected chi connectivity index (χ4v) is 3.97. The molecule has 2 aromatic rings. The number of aryl methyl sites for hydroxylation is 1. The van der Waals surface area contributed by atoms with Crippen molar-refractivity contribution in [2.45, 2.75) is 38.1 Å². The highest BCUT2D eigenvalue weighted by atomic mass is 16.4. The lowest BCUT2D eigenvalue weighted by Gasteiger charge is -2.32. The van der Waals surface area contributed by atoms with Crippen molar-refractivity contribution in [1.29, 1.82) is 0 Å². The van der Waals surface area contributed by atoms with Crippen molar-refractivity contribution in [3.8, 4) is 0 Å². The van der Waals surface area contributed by atoms with Gasteiger partial charge in [-0.05, 0) is 43.2 Å². The Morgan fingerprint density at radius 2 is 1.92 bits per heavy atom. The number of hydrogen-bond donors (Lipinski definition) is 2. The van der Waals surface area contributed by atoms with Gasteiger partial charge in [0.2, 0.25) is 5.91 Å². The molecule has 6 nitrogen and oxygen atoms in total. The Kier molecular flexibility index (Phi) is 4.03. The fraction of sp³-hybridized carbons (Fsp3) is 0.421. The van der Waals surface area contributed by atoms with Crippen LogP contribution in [0.3, 0.4) is 0 Å². The van der Waals surface area contributed by atoms with Gasteiger partial charge in [-0.2, -0.15) is 5.10 Å². The predicted octanol–water partition coefficient (Wildman–Crippen LogP) is 2.86. The van der Waals surface area contributed by atoms with E-state index in [9.17, 15) is 9.59 Å². The van der Waals surface area contributed by atoms with Crippen LogP contribution in [0.2, 0.25) is 0 Å². The summed E-state index contributed by atoms with van der Waals surface area (Å²) >= 11 is 0. The van der Waals surface area contributed by atoms with Crippen molar-refractivity contribution in [2.75, 3.05) is 5.32 Å². The maximum absolute atomic E-state index is 12.5. The Morgan fingerprint density at radius 3 is 2.68 bits per heavy atom. The number of rotatable bonds is 4. The summed E-state index contributed by atoms with van der Waals surface area (Å²) in [5, 5.41) is 16.5. The van der Waals surface area contributed by atoms with Crippen LogP contribution < -0.4 is 5.32 Å². The number of benzene rings is 1. The Morgan fingerprint density at radius 1 is 1.12 bits per heavy atom. The third-order valence-corrected chi connectivity index (χ3v) is 5.48. The number of amides is 1. The Bertz CT molecular complexity index is 814. The first-order valence-corrected chi connectivity index (χ1v) is 8.80. The third kappa shape index (κ3) is 2.81. The number of carboxylic acids is 1. The van der Waals surface area contributed by atoms with Crippen LogP contribution in [0.25, 0.3) is 0 Å². The molecule has 25 heavy (non-hydrogen) atoms. The standard InChI is InChI=1S/C19H21N3O3/c23-18(14-8-9-15(14)19(24)25)21-17-10-11-20-22(17)16-7-3-5-12-4-1-2-6-13(12)16/h1-2,4,6,10-11,14-16H,3,5,7-9H2,(H,21,23)(H,24,25)/t14-,15-,16?/m1/s1. The molecular formula is C19H21N3O3. The predicted molar refractivity (Wildman–Crippen MR) is 92.2 cm³/mol. The molecule has 0 saturated heterocycles. The summed E-state index contributed by atoms with van der Waals surface area (Å²) in [5.74, 6) is -1.47. The Labute approximate surface area is 145 Å². The number of nitrogens with zero attached hydrogens (tertiary/aromatic N) is 2. The summed E-state index contributed by atoms with van der Waals surface area (Å²) < 4.78 is 1.87. The molecule has 1 heterocycles. The van der Waals surface area contributed by atoms with Crippen molar-refractivity contribution >= 4 is 17.7 Å². The van der Waals surface area contributed by atoms with Gasteiger partial charge in [0.15, 0.2) is 0 Å². The molecule has 1 unspecified atom stereocenters. The molecule has 3 atom stereocenters. The first kappa shape index (κ1) is 15.9. The monoisotopic (exact) mass is 339 g/mol. The van der Waals surface area contributed by atoms with E-state index < -0.39 is 17.8 Å². The topological polar surface area (TPSA) is 84.2 Å². The van der Waals surface area contributed by atoms with Gasteiger partial charge in [-0.3, -0.25) is 9.59 Å². The maximum atomic E-state index is 12.5. The van der Waals surface area contributed by atoms with E-state index in [1.165, 1.54) is 11.1 Å². The number of anilines is 1. The maximum Gasteiger partial charge on any atom is 0.307 e. The second-order valence-electron chi connectivity index (χ2n) is 6.89. The smallest absolute Gasteiger partial charge is 0.307 e. The van der Waals surface area contributed by atoms with Crippen molar-refractivity contribution in [1.82, 2.24) is 9.78 Å². The number of aliphatic carboxylic acids is 1. The van der Waals surface area contributed by atoms with Gasteiger partial charge >= 0.3 is 5.97 Å². The highest BCUT2D eigenvalue weighted by molar-refractivity contribution is 5.95. The van der Waals surface area contributed by atoms with E-state index in [-0.39, 0.29) is 11.9 Å². The largest absolute Gasteiger partial charge is 0.481 e. The molecule has 1 aromatic heterocycles. The molecule has 130 valence electrons. The van der Waals surface area contributed by atoms with E-state index in [0.29, 0.717) is 18.7 Å². The highest BCUT2D eigenvalue weighted by Gasteiger charge is 2.41. The minimum absolute atomic E-state index is 0.104. The number of nitrogens with one attached hydrogen (secondary N) is 1. The number of aromatic nitrogens is 2. The molecule has 6 heteroatoms. The first-order valence-electron chi connectivity index (χ1n) is 8.80. The zero-order chi connectivity index (χ0) is 17.4. The third-order valence-electron chi connectivity index (χ3n) is 5.48. The number of fused-ring (bicyclic) bond motifs is 1. The molecule has 1 fully saturated rings. The van der Waals surface area contributed by atoms with E-state index in [0.717, 1.165) is 19.3 Å². The zero-order valence-corrected chi connectivity index (χ0v) is 13.9. The summed E-state index contributed by atoms with van der Waals surface area (Å²) in [7, 11) is 0. The van der Waals surface area contributed by atoms with Crippen molar-refractivity contribution in [3.63, 3.8) is 0 Å². The molecule has 0 aliphatic heterocycles. The van der Waals surface area contributed by atoms with Crippen LogP contribution in [0.4, 0.5) is 5.82 Å². The highest BCUT2D eigenvalue weighted by Crippen LogP contribution is 2.37. The van der Waals surface area contributed by atoms with Gasteiger partial charge in [-0.25, -0.2) is 4.68 Å². The van der Waals surface area contributed by atoms with E-state index in [1.807, 2.05) is 10.7 Å². The lowest BCUT2D eigenvalue weighted by Crippen LogP contribution is -2.41. The molecule has 2 aliphatic carbocycles.